The van der Waals surface area contributed by atoms with Crippen molar-refractivity contribution in [3.05, 3.63) is 21.0 Å². The van der Waals surface area contributed by atoms with Crippen molar-refractivity contribution < 1.29 is 9.84 Å². The number of methoxy groups -OCH3 is 1. The maximum Gasteiger partial charge on any atom is 0.283 e. The quantitative estimate of drug-likeness (QED) is 0.798. The summed E-state index contributed by atoms with van der Waals surface area (Å²) >= 11 is 3.22. The van der Waals surface area contributed by atoms with Crippen molar-refractivity contribution in [1.29, 1.82) is 0 Å². The SMILES string of the molecule is COCC(C)Nc1cnn(CCO)c(=O)c1Br. The molecular weight excluding hydrogens is 290 g/mol. The van der Waals surface area contributed by atoms with Crippen LogP contribution in [0.2, 0.25) is 0 Å². The number of nitrogens with one attached hydrogen (secondary N) is 1. The predicted molar refractivity (Wildman–Crippen MR) is 68.2 cm³/mol. The summed E-state index contributed by atoms with van der Waals surface area (Å²) in [6.45, 7) is 2.54. The third-order valence-corrected chi connectivity index (χ3v) is 2.88. The molecule has 96 valence electrons. The Hall–Kier alpha value is -0.920. The number of rotatable bonds is 6. The second-order valence-electron chi connectivity index (χ2n) is 3.62. The van der Waals surface area contributed by atoms with E-state index < -0.39 is 0 Å². The third-order valence-electron chi connectivity index (χ3n) is 2.12. The second kappa shape index (κ2) is 6.73. The minimum absolute atomic E-state index is 0.0752. The van der Waals surface area contributed by atoms with E-state index in [1.54, 1.807) is 13.3 Å². The van der Waals surface area contributed by atoms with Crippen molar-refractivity contribution >= 4 is 21.6 Å². The van der Waals surface area contributed by atoms with Crippen LogP contribution in [0.1, 0.15) is 6.92 Å². The van der Waals surface area contributed by atoms with Crippen LogP contribution in [0.15, 0.2) is 15.5 Å². The van der Waals surface area contributed by atoms with Gasteiger partial charge >= 0.3 is 0 Å². The molecule has 0 bridgehead atoms. The number of halogens is 1. The standard InChI is InChI=1S/C10H16BrN3O3/c1-7(6-17-2)13-8-5-12-14(3-4-15)10(16)9(8)11/h5,7,13,15H,3-4,6H2,1-2H3. The van der Waals surface area contributed by atoms with Gasteiger partial charge < -0.3 is 15.2 Å². The molecule has 7 heteroatoms. The van der Waals surface area contributed by atoms with Gasteiger partial charge in [0, 0.05) is 13.2 Å². The number of aromatic nitrogens is 2. The fourth-order valence-electron chi connectivity index (χ4n) is 1.38. The molecule has 0 radical (unpaired) electrons. The molecule has 0 spiro atoms. The summed E-state index contributed by atoms with van der Waals surface area (Å²) in [7, 11) is 1.62. The van der Waals surface area contributed by atoms with Crippen LogP contribution in [-0.2, 0) is 11.3 Å². The van der Waals surface area contributed by atoms with Crippen LogP contribution in [0.5, 0.6) is 0 Å². The van der Waals surface area contributed by atoms with E-state index >= 15 is 0 Å². The van der Waals surface area contributed by atoms with Crippen LogP contribution in [-0.4, -0.2) is 41.3 Å². The van der Waals surface area contributed by atoms with E-state index in [2.05, 4.69) is 26.3 Å². The molecule has 0 saturated heterocycles. The lowest BCUT2D eigenvalue weighted by molar-refractivity contribution is 0.190. The zero-order valence-electron chi connectivity index (χ0n) is 9.81. The maximum absolute atomic E-state index is 11.8. The van der Waals surface area contributed by atoms with Crippen LogP contribution in [0.4, 0.5) is 5.69 Å². The van der Waals surface area contributed by atoms with Gasteiger partial charge in [-0.3, -0.25) is 4.79 Å². The third kappa shape index (κ3) is 3.79. The average Bonchev–Trinajstić information content (AvgIpc) is 2.29. The molecule has 2 N–H and O–H groups in total. The summed E-state index contributed by atoms with van der Waals surface area (Å²) < 4.78 is 6.60. The molecule has 0 aliphatic heterocycles. The largest absolute Gasteiger partial charge is 0.394 e. The van der Waals surface area contributed by atoms with Crippen LogP contribution < -0.4 is 10.9 Å². The highest BCUT2D eigenvalue weighted by atomic mass is 79.9. The number of nitrogens with zero attached hydrogens (tertiary/aromatic N) is 2. The van der Waals surface area contributed by atoms with Crippen LogP contribution in [0.3, 0.4) is 0 Å². The maximum atomic E-state index is 11.8. The van der Waals surface area contributed by atoms with E-state index in [1.807, 2.05) is 6.92 Å². The zero-order valence-corrected chi connectivity index (χ0v) is 11.4. The van der Waals surface area contributed by atoms with Gasteiger partial charge in [0.1, 0.15) is 4.47 Å². The Labute approximate surface area is 108 Å². The van der Waals surface area contributed by atoms with Crippen LogP contribution in [0.25, 0.3) is 0 Å². The molecule has 17 heavy (non-hydrogen) atoms. The van der Waals surface area contributed by atoms with Gasteiger partial charge in [-0.1, -0.05) is 0 Å². The fraction of sp³-hybridized carbons (Fsp3) is 0.600. The minimum Gasteiger partial charge on any atom is -0.394 e. The van der Waals surface area contributed by atoms with Crippen molar-refractivity contribution in [2.24, 2.45) is 0 Å². The summed E-state index contributed by atoms with van der Waals surface area (Å²) in [5, 5.41) is 15.8. The Balaban J connectivity index is 2.89. The van der Waals surface area contributed by atoms with Crippen molar-refractivity contribution in [3.8, 4) is 0 Å². The number of aliphatic hydroxyl groups is 1. The van der Waals surface area contributed by atoms with Gasteiger partial charge in [0.15, 0.2) is 0 Å². The topological polar surface area (TPSA) is 76.4 Å². The summed E-state index contributed by atoms with van der Waals surface area (Å²) in [5.74, 6) is 0. The average molecular weight is 306 g/mol. The van der Waals surface area contributed by atoms with Crippen molar-refractivity contribution in [2.75, 3.05) is 25.6 Å². The molecule has 6 nitrogen and oxygen atoms in total. The molecule has 1 aromatic rings. The molecule has 0 amide bonds. The number of ether oxygens (including phenoxy) is 1. The fourth-order valence-corrected chi connectivity index (χ4v) is 1.80. The molecular formula is C10H16BrN3O3. The highest BCUT2D eigenvalue weighted by Crippen LogP contribution is 2.16. The van der Waals surface area contributed by atoms with Gasteiger partial charge in [-0.05, 0) is 22.9 Å². The van der Waals surface area contributed by atoms with E-state index in [0.717, 1.165) is 0 Å². The van der Waals surface area contributed by atoms with E-state index in [4.69, 9.17) is 9.84 Å². The second-order valence-corrected chi connectivity index (χ2v) is 4.42. The number of hydrogen-bond acceptors (Lipinski definition) is 5. The van der Waals surface area contributed by atoms with Gasteiger partial charge in [-0.15, -0.1) is 0 Å². The van der Waals surface area contributed by atoms with Gasteiger partial charge in [0.05, 0.1) is 31.6 Å². The molecule has 1 atom stereocenters. The smallest absolute Gasteiger partial charge is 0.283 e. The van der Waals surface area contributed by atoms with E-state index in [1.165, 1.54) is 4.68 Å². The summed E-state index contributed by atoms with van der Waals surface area (Å²) in [6.07, 6.45) is 1.55. The van der Waals surface area contributed by atoms with E-state index in [9.17, 15) is 4.79 Å². The first-order valence-corrected chi connectivity index (χ1v) is 6.01. The lowest BCUT2D eigenvalue weighted by atomic mass is 10.3. The molecule has 1 aromatic heterocycles. The summed E-state index contributed by atoms with van der Waals surface area (Å²) in [6, 6.07) is 0.0752. The first-order valence-electron chi connectivity index (χ1n) is 5.22. The molecule has 0 saturated carbocycles. The molecule has 0 aromatic carbocycles. The van der Waals surface area contributed by atoms with Crippen molar-refractivity contribution in [2.45, 2.75) is 19.5 Å². The molecule has 0 aliphatic carbocycles. The predicted octanol–water partition coefficient (Wildman–Crippen LogP) is 0.445. The first kappa shape index (κ1) is 14.1. The van der Waals surface area contributed by atoms with Gasteiger partial charge in [-0.2, -0.15) is 5.10 Å². The van der Waals surface area contributed by atoms with E-state index in [0.29, 0.717) is 16.8 Å². The Morgan fingerprint density at radius 3 is 3.00 bits per heavy atom. The normalized spacial score (nSPS) is 12.5. The van der Waals surface area contributed by atoms with Crippen molar-refractivity contribution in [3.63, 3.8) is 0 Å². The Bertz CT molecular complexity index is 422. The number of anilines is 1. The molecule has 0 aliphatic rings. The Kier molecular flexibility index (Phi) is 5.60. The Morgan fingerprint density at radius 1 is 1.71 bits per heavy atom. The highest BCUT2D eigenvalue weighted by Gasteiger charge is 2.10. The lowest BCUT2D eigenvalue weighted by Gasteiger charge is -2.15. The molecule has 0 fully saturated rings. The minimum atomic E-state index is -0.270. The van der Waals surface area contributed by atoms with Crippen molar-refractivity contribution in [1.82, 2.24) is 9.78 Å². The van der Waals surface area contributed by atoms with Gasteiger partial charge in [0.2, 0.25) is 0 Å². The number of hydrogen-bond donors (Lipinski definition) is 2. The van der Waals surface area contributed by atoms with Gasteiger partial charge in [0.25, 0.3) is 5.56 Å². The van der Waals surface area contributed by atoms with Crippen LogP contribution in [0, 0.1) is 0 Å². The molecule has 1 heterocycles. The molecule has 1 unspecified atom stereocenters. The number of aliphatic hydroxyl groups excluding tert-OH is 1. The Morgan fingerprint density at radius 2 is 2.41 bits per heavy atom. The monoisotopic (exact) mass is 305 g/mol. The zero-order chi connectivity index (χ0) is 12.8. The summed E-state index contributed by atoms with van der Waals surface area (Å²) in [4.78, 5) is 11.8. The van der Waals surface area contributed by atoms with Gasteiger partial charge in [-0.25, -0.2) is 4.68 Å². The van der Waals surface area contributed by atoms with Crippen LogP contribution >= 0.6 is 15.9 Å². The lowest BCUT2D eigenvalue weighted by Crippen LogP contribution is -2.28. The van der Waals surface area contributed by atoms with E-state index in [-0.39, 0.29) is 24.8 Å². The molecule has 1 rings (SSSR count). The first-order chi connectivity index (χ1) is 8.10. The highest BCUT2D eigenvalue weighted by molar-refractivity contribution is 9.10. The summed E-state index contributed by atoms with van der Waals surface area (Å²) in [5.41, 5.74) is 0.349.